The van der Waals surface area contributed by atoms with Crippen LogP contribution in [0.3, 0.4) is 0 Å². The third-order valence-corrected chi connectivity index (χ3v) is 4.86. The Morgan fingerprint density at radius 2 is 1.88 bits per heavy atom. The highest BCUT2D eigenvalue weighted by Gasteiger charge is 2.34. The number of para-hydroxylation sites is 1. The number of carbonyl (C=O) groups excluding carboxylic acids is 3. The molecule has 2 amide bonds. The second kappa shape index (κ2) is 6.84. The van der Waals surface area contributed by atoms with E-state index in [1.807, 2.05) is 30.3 Å². The summed E-state index contributed by atoms with van der Waals surface area (Å²) >= 11 is 1.04. The predicted molar refractivity (Wildman–Crippen MR) is 90.3 cm³/mol. The van der Waals surface area contributed by atoms with Crippen LogP contribution in [0, 0.1) is 0 Å². The lowest BCUT2D eigenvalue weighted by atomic mass is 10.2. The monoisotopic (exact) mass is 344 g/mol. The van der Waals surface area contributed by atoms with E-state index < -0.39 is 12.0 Å². The van der Waals surface area contributed by atoms with Gasteiger partial charge in [0.25, 0.3) is 5.91 Å². The van der Waals surface area contributed by atoms with Crippen molar-refractivity contribution < 1.29 is 19.1 Å². The molecule has 1 aliphatic heterocycles. The van der Waals surface area contributed by atoms with Gasteiger partial charge in [-0.05, 0) is 30.7 Å². The molecule has 7 heteroatoms. The number of carbonyl (C=O) groups is 3. The fourth-order valence-electron chi connectivity index (χ4n) is 2.58. The van der Waals surface area contributed by atoms with Crippen LogP contribution in [0.5, 0.6) is 0 Å². The Kier molecular flexibility index (Phi) is 4.61. The van der Waals surface area contributed by atoms with E-state index >= 15 is 0 Å². The van der Waals surface area contributed by atoms with E-state index in [4.69, 9.17) is 0 Å². The molecule has 124 valence electrons. The number of ether oxygens (including phenoxy) is 1. The molecular weight excluding hydrogens is 328 g/mol. The lowest BCUT2D eigenvalue weighted by Gasteiger charge is -2.17. The van der Waals surface area contributed by atoms with Gasteiger partial charge in [-0.15, -0.1) is 11.3 Å². The molecule has 2 aromatic rings. The lowest BCUT2D eigenvalue weighted by Crippen LogP contribution is -2.41. The van der Waals surface area contributed by atoms with E-state index in [0.29, 0.717) is 22.7 Å². The van der Waals surface area contributed by atoms with Crippen molar-refractivity contribution in [3.05, 3.63) is 52.2 Å². The van der Waals surface area contributed by atoms with Crippen LogP contribution >= 0.6 is 11.3 Å². The van der Waals surface area contributed by atoms with Crippen LogP contribution in [0.4, 0.5) is 5.69 Å². The number of nitrogens with zero attached hydrogens (tertiary/aromatic N) is 1. The van der Waals surface area contributed by atoms with Crippen LogP contribution in [0.1, 0.15) is 25.8 Å². The molecule has 1 saturated heterocycles. The summed E-state index contributed by atoms with van der Waals surface area (Å²) in [5.41, 5.74) is 0.823. The maximum absolute atomic E-state index is 12.5. The minimum absolute atomic E-state index is 0.126. The third-order valence-electron chi connectivity index (χ3n) is 3.80. The minimum atomic E-state index is -0.554. The summed E-state index contributed by atoms with van der Waals surface area (Å²) in [4.78, 5) is 38.6. The molecule has 0 unspecified atom stereocenters. The van der Waals surface area contributed by atoms with Crippen molar-refractivity contribution >= 4 is 34.8 Å². The molecule has 1 fully saturated rings. The van der Waals surface area contributed by atoms with Crippen molar-refractivity contribution in [2.45, 2.75) is 12.5 Å². The zero-order chi connectivity index (χ0) is 17.1. The van der Waals surface area contributed by atoms with E-state index in [-0.39, 0.29) is 11.8 Å². The van der Waals surface area contributed by atoms with Crippen LogP contribution in [-0.4, -0.2) is 37.5 Å². The normalized spacial score (nSPS) is 17.0. The Labute approximate surface area is 143 Å². The molecule has 1 aromatic carbocycles. The number of anilines is 1. The largest absolute Gasteiger partial charge is 0.465 e. The molecule has 3 rings (SSSR count). The first-order valence-electron chi connectivity index (χ1n) is 7.45. The number of thiophene rings is 1. The van der Waals surface area contributed by atoms with Gasteiger partial charge in [-0.3, -0.25) is 9.59 Å². The van der Waals surface area contributed by atoms with Crippen LogP contribution in [0.2, 0.25) is 0 Å². The van der Waals surface area contributed by atoms with Crippen molar-refractivity contribution in [3.63, 3.8) is 0 Å². The molecular formula is C17H16N2O4S. The first-order valence-corrected chi connectivity index (χ1v) is 8.27. The van der Waals surface area contributed by atoms with Crippen LogP contribution in [-0.2, 0) is 9.53 Å². The van der Waals surface area contributed by atoms with Gasteiger partial charge in [-0.1, -0.05) is 18.2 Å². The van der Waals surface area contributed by atoms with E-state index in [0.717, 1.165) is 17.0 Å². The minimum Gasteiger partial charge on any atom is -0.465 e. The number of hydrogen-bond acceptors (Lipinski definition) is 5. The molecule has 0 spiro atoms. The molecule has 6 nitrogen and oxygen atoms in total. The summed E-state index contributed by atoms with van der Waals surface area (Å²) in [6, 6.07) is 11.9. The zero-order valence-corrected chi connectivity index (χ0v) is 13.8. The lowest BCUT2D eigenvalue weighted by molar-refractivity contribution is -0.118. The molecule has 1 aromatic heterocycles. The predicted octanol–water partition coefficient (Wildman–Crippen LogP) is 2.07. The van der Waals surface area contributed by atoms with E-state index in [1.165, 1.54) is 13.2 Å². The van der Waals surface area contributed by atoms with Crippen LogP contribution < -0.4 is 10.2 Å². The molecule has 24 heavy (non-hydrogen) atoms. The van der Waals surface area contributed by atoms with Gasteiger partial charge in [-0.2, -0.15) is 0 Å². The quantitative estimate of drug-likeness (QED) is 0.862. The summed E-state index contributed by atoms with van der Waals surface area (Å²) in [7, 11) is 1.29. The smallest absolute Gasteiger partial charge is 0.348 e. The second-order valence-corrected chi connectivity index (χ2v) is 6.38. The number of benzene rings is 1. The highest BCUT2D eigenvalue weighted by atomic mass is 32.1. The maximum atomic E-state index is 12.5. The molecule has 1 aliphatic rings. The Morgan fingerprint density at radius 1 is 1.17 bits per heavy atom. The van der Waals surface area contributed by atoms with Gasteiger partial charge >= 0.3 is 5.97 Å². The Morgan fingerprint density at radius 3 is 2.58 bits per heavy atom. The van der Waals surface area contributed by atoms with Gasteiger partial charge < -0.3 is 15.0 Å². The molecule has 2 heterocycles. The highest BCUT2D eigenvalue weighted by Crippen LogP contribution is 2.22. The van der Waals surface area contributed by atoms with E-state index in [2.05, 4.69) is 10.1 Å². The van der Waals surface area contributed by atoms with Gasteiger partial charge in [0, 0.05) is 12.2 Å². The number of rotatable bonds is 4. The Balaban J connectivity index is 1.66. The third kappa shape index (κ3) is 3.16. The first kappa shape index (κ1) is 16.2. The molecule has 1 atom stereocenters. The highest BCUT2D eigenvalue weighted by molar-refractivity contribution is 7.15. The van der Waals surface area contributed by atoms with Crippen LogP contribution in [0.15, 0.2) is 42.5 Å². The number of nitrogens with one attached hydrogen (secondary N) is 1. The van der Waals surface area contributed by atoms with Crippen molar-refractivity contribution in [3.8, 4) is 0 Å². The SMILES string of the molecule is COC(=O)c1ccc(C(=O)N[C@H]2CCN(c3ccccc3)C2=O)s1. The topological polar surface area (TPSA) is 75.7 Å². The molecule has 0 aliphatic carbocycles. The van der Waals surface area contributed by atoms with Crippen molar-refractivity contribution in [2.75, 3.05) is 18.6 Å². The average Bonchev–Trinajstić information content (AvgIpc) is 3.23. The summed E-state index contributed by atoms with van der Waals surface area (Å²) in [6.45, 7) is 0.561. The van der Waals surface area contributed by atoms with Gasteiger partial charge in [0.05, 0.1) is 12.0 Å². The Bertz CT molecular complexity index is 772. The molecule has 0 bridgehead atoms. The van der Waals surface area contributed by atoms with Gasteiger partial charge in [0.2, 0.25) is 5.91 Å². The van der Waals surface area contributed by atoms with Gasteiger partial charge in [0.15, 0.2) is 0 Å². The first-order chi connectivity index (χ1) is 11.6. The maximum Gasteiger partial charge on any atom is 0.348 e. The van der Waals surface area contributed by atoms with Crippen molar-refractivity contribution in [1.82, 2.24) is 5.32 Å². The molecule has 0 radical (unpaired) electrons. The Hall–Kier alpha value is -2.67. The number of esters is 1. The average molecular weight is 344 g/mol. The number of amides is 2. The number of methoxy groups -OCH3 is 1. The summed E-state index contributed by atoms with van der Waals surface area (Å²) in [5.74, 6) is -0.964. The zero-order valence-electron chi connectivity index (χ0n) is 13.0. The van der Waals surface area contributed by atoms with Gasteiger partial charge in [-0.25, -0.2) is 4.79 Å². The van der Waals surface area contributed by atoms with E-state index in [9.17, 15) is 14.4 Å². The number of hydrogen-bond donors (Lipinski definition) is 1. The van der Waals surface area contributed by atoms with Crippen LogP contribution in [0.25, 0.3) is 0 Å². The van der Waals surface area contributed by atoms with Crippen molar-refractivity contribution in [2.24, 2.45) is 0 Å². The molecule has 1 N–H and O–H groups in total. The summed E-state index contributed by atoms with van der Waals surface area (Å²) < 4.78 is 4.62. The fourth-order valence-corrected chi connectivity index (χ4v) is 3.41. The summed E-state index contributed by atoms with van der Waals surface area (Å²) in [6.07, 6.45) is 0.550. The standard InChI is InChI=1S/C17H16N2O4S/c1-23-17(22)14-8-7-13(24-14)15(20)18-12-9-10-19(16(12)21)11-5-3-2-4-6-11/h2-8,12H,9-10H2,1H3,(H,18,20)/t12-/m0/s1. The van der Waals surface area contributed by atoms with E-state index in [1.54, 1.807) is 11.0 Å². The molecule has 0 saturated carbocycles. The van der Waals surface area contributed by atoms with Gasteiger partial charge in [0.1, 0.15) is 10.9 Å². The van der Waals surface area contributed by atoms with Crippen molar-refractivity contribution in [1.29, 1.82) is 0 Å². The summed E-state index contributed by atoms with van der Waals surface area (Å²) in [5, 5.41) is 2.74. The second-order valence-electron chi connectivity index (χ2n) is 5.30. The fraction of sp³-hybridized carbons (Fsp3) is 0.235.